The number of phenols is 1. The molecule has 0 aliphatic rings. The van der Waals surface area contributed by atoms with Crippen LogP contribution in [0, 0.1) is 0 Å². The first-order valence-electron chi connectivity index (χ1n) is 8.03. The molecule has 0 bridgehead atoms. The van der Waals surface area contributed by atoms with Gasteiger partial charge in [-0.05, 0) is 54.6 Å². The molecule has 4 nitrogen and oxygen atoms in total. The summed E-state index contributed by atoms with van der Waals surface area (Å²) in [7, 11) is 0. The summed E-state index contributed by atoms with van der Waals surface area (Å²) in [4.78, 5) is 4.02. The fourth-order valence-electron chi connectivity index (χ4n) is 2.27. The maximum atomic E-state index is 12.8. The van der Waals surface area contributed by atoms with Gasteiger partial charge in [0.1, 0.15) is 5.75 Å². The highest BCUT2D eigenvalue weighted by Gasteiger charge is 2.30. The molecule has 0 heterocycles. The van der Waals surface area contributed by atoms with Crippen molar-refractivity contribution in [2.75, 3.05) is 0 Å². The van der Waals surface area contributed by atoms with Gasteiger partial charge in [-0.2, -0.15) is 23.4 Å². The lowest BCUT2D eigenvalue weighted by Gasteiger charge is -2.06. The maximum absolute atomic E-state index is 12.8. The first-order chi connectivity index (χ1) is 13.3. The number of nitrogens with zero attached hydrogens (tertiary/aromatic N) is 3. The molecule has 0 aliphatic heterocycles. The summed E-state index contributed by atoms with van der Waals surface area (Å²) >= 11 is 3.35. The summed E-state index contributed by atoms with van der Waals surface area (Å²) in [5.41, 5.74) is 0.742. The van der Waals surface area contributed by atoms with Crippen LogP contribution in [0.15, 0.2) is 86.4 Å². The second-order valence-electron chi connectivity index (χ2n) is 5.73. The topological polar surface area (TPSA) is 57.3 Å². The van der Waals surface area contributed by atoms with E-state index in [0.717, 1.165) is 16.6 Å². The minimum atomic E-state index is -4.44. The van der Waals surface area contributed by atoms with Gasteiger partial charge in [-0.25, -0.2) is 0 Å². The molecule has 0 aromatic heterocycles. The molecule has 0 atom stereocenters. The number of aromatic hydroxyl groups is 1. The number of benzene rings is 3. The molecular weight excluding hydrogens is 435 g/mol. The van der Waals surface area contributed by atoms with Gasteiger partial charge in [-0.15, -0.1) is 0 Å². The van der Waals surface area contributed by atoms with Gasteiger partial charge in [0.05, 0.1) is 22.6 Å². The van der Waals surface area contributed by atoms with Crippen molar-refractivity contribution in [2.24, 2.45) is 15.2 Å². The molecule has 0 saturated heterocycles. The summed E-state index contributed by atoms with van der Waals surface area (Å²) in [6.45, 7) is 0. The van der Waals surface area contributed by atoms with Crippen molar-refractivity contribution in [1.29, 1.82) is 0 Å². The molecule has 0 amide bonds. The summed E-state index contributed by atoms with van der Waals surface area (Å²) in [6.07, 6.45) is -3.16. The van der Waals surface area contributed by atoms with Crippen LogP contribution >= 0.6 is 15.9 Å². The first kappa shape index (κ1) is 19.8. The zero-order valence-electron chi connectivity index (χ0n) is 14.2. The average Bonchev–Trinajstić information content (AvgIpc) is 2.66. The minimum absolute atomic E-state index is 0.0721. The fourth-order valence-corrected chi connectivity index (χ4v) is 2.66. The van der Waals surface area contributed by atoms with Gasteiger partial charge in [0.25, 0.3) is 0 Å². The second kappa shape index (κ2) is 8.35. The Morgan fingerprint density at radius 2 is 1.50 bits per heavy atom. The van der Waals surface area contributed by atoms with Crippen molar-refractivity contribution < 1.29 is 18.3 Å². The van der Waals surface area contributed by atoms with Crippen LogP contribution < -0.4 is 0 Å². The van der Waals surface area contributed by atoms with Crippen LogP contribution in [0.2, 0.25) is 0 Å². The lowest BCUT2D eigenvalue weighted by atomic mass is 10.2. The Kier molecular flexibility index (Phi) is 5.89. The number of hydrogen-bond donors (Lipinski definition) is 1. The SMILES string of the molecule is Oc1ccc(N=Nc2cccc(Br)c2)cc1C=Nc1cccc(C(F)(F)F)c1. The highest BCUT2D eigenvalue weighted by atomic mass is 79.9. The smallest absolute Gasteiger partial charge is 0.416 e. The summed E-state index contributed by atoms with van der Waals surface area (Å²) < 4.78 is 39.2. The highest BCUT2D eigenvalue weighted by Crippen LogP contribution is 2.31. The molecule has 3 aromatic carbocycles. The van der Waals surface area contributed by atoms with E-state index < -0.39 is 11.7 Å². The molecule has 0 saturated carbocycles. The fraction of sp³-hybridized carbons (Fsp3) is 0.0500. The van der Waals surface area contributed by atoms with Crippen LogP contribution in [0.5, 0.6) is 5.75 Å². The molecule has 3 aromatic rings. The Bertz CT molecular complexity index is 1050. The van der Waals surface area contributed by atoms with Gasteiger partial charge in [0.2, 0.25) is 0 Å². The molecule has 1 N–H and O–H groups in total. The van der Waals surface area contributed by atoms with Crippen LogP contribution in [0.25, 0.3) is 0 Å². The second-order valence-corrected chi connectivity index (χ2v) is 6.64. The van der Waals surface area contributed by atoms with E-state index in [-0.39, 0.29) is 11.4 Å². The molecule has 0 fully saturated rings. The number of phenolic OH excluding ortho intramolecular Hbond substituents is 1. The van der Waals surface area contributed by atoms with Gasteiger partial charge < -0.3 is 5.11 Å². The van der Waals surface area contributed by atoms with E-state index >= 15 is 0 Å². The molecular formula is C20H13BrF3N3O. The number of aliphatic imine (C=N–C) groups is 1. The van der Waals surface area contributed by atoms with Gasteiger partial charge >= 0.3 is 6.18 Å². The Hall–Kier alpha value is -3.00. The van der Waals surface area contributed by atoms with Crippen LogP contribution in [0.1, 0.15) is 11.1 Å². The standard InChI is InChI=1S/C20H13BrF3N3O/c21-15-4-2-6-17(11-15)26-27-18-7-8-19(28)13(9-18)12-25-16-5-1-3-14(10-16)20(22,23)24/h1-12,28H. The number of hydrogen-bond acceptors (Lipinski definition) is 4. The number of alkyl halides is 3. The molecule has 28 heavy (non-hydrogen) atoms. The van der Waals surface area contributed by atoms with Gasteiger partial charge in [0.15, 0.2) is 0 Å². The van der Waals surface area contributed by atoms with Gasteiger partial charge in [-0.3, -0.25) is 4.99 Å². The van der Waals surface area contributed by atoms with Crippen molar-refractivity contribution in [3.63, 3.8) is 0 Å². The van der Waals surface area contributed by atoms with Crippen LogP contribution in [-0.4, -0.2) is 11.3 Å². The van der Waals surface area contributed by atoms with Crippen LogP contribution in [0.4, 0.5) is 30.2 Å². The van der Waals surface area contributed by atoms with Crippen LogP contribution in [0.3, 0.4) is 0 Å². The molecule has 8 heteroatoms. The molecule has 0 spiro atoms. The molecule has 0 radical (unpaired) electrons. The van der Waals surface area contributed by atoms with Crippen LogP contribution in [-0.2, 0) is 6.18 Å². The third-order valence-electron chi connectivity index (χ3n) is 3.63. The molecule has 3 rings (SSSR count). The lowest BCUT2D eigenvalue weighted by Crippen LogP contribution is -2.03. The maximum Gasteiger partial charge on any atom is 0.416 e. The van der Waals surface area contributed by atoms with E-state index in [1.165, 1.54) is 30.5 Å². The zero-order chi connectivity index (χ0) is 20.1. The van der Waals surface area contributed by atoms with E-state index in [0.29, 0.717) is 16.9 Å². The number of azo groups is 1. The normalized spacial score (nSPS) is 12.1. The highest BCUT2D eigenvalue weighted by molar-refractivity contribution is 9.10. The Labute approximate surface area is 167 Å². The summed E-state index contributed by atoms with van der Waals surface area (Å²) in [5.74, 6) is -0.0721. The average molecular weight is 448 g/mol. The van der Waals surface area contributed by atoms with Crippen molar-refractivity contribution in [2.45, 2.75) is 6.18 Å². The summed E-state index contributed by atoms with van der Waals surface area (Å²) in [6, 6.07) is 16.4. The summed E-state index contributed by atoms with van der Waals surface area (Å²) in [5, 5.41) is 18.2. The van der Waals surface area contributed by atoms with Crippen molar-refractivity contribution in [3.05, 3.63) is 82.3 Å². The number of rotatable bonds is 4. The largest absolute Gasteiger partial charge is 0.507 e. The van der Waals surface area contributed by atoms with E-state index in [2.05, 4.69) is 31.2 Å². The third-order valence-corrected chi connectivity index (χ3v) is 4.12. The van der Waals surface area contributed by atoms with Crippen molar-refractivity contribution in [3.8, 4) is 5.75 Å². The molecule has 0 unspecified atom stereocenters. The third kappa shape index (κ3) is 5.26. The Morgan fingerprint density at radius 1 is 0.821 bits per heavy atom. The lowest BCUT2D eigenvalue weighted by molar-refractivity contribution is -0.137. The molecule has 0 aliphatic carbocycles. The molecule has 142 valence electrons. The Morgan fingerprint density at radius 3 is 2.21 bits per heavy atom. The van der Waals surface area contributed by atoms with E-state index in [1.54, 1.807) is 18.2 Å². The van der Waals surface area contributed by atoms with Gasteiger partial charge in [-0.1, -0.05) is 28.1 Å². The zero-order valence-corrected chi connectivity index (χ0v) is 15.8. The Balaban J connectivity index is 1.83. The van der Waals surface area contributed by atoms with E-state index in [1.807, 2.05) is 12.1 Å². The predicted octanol–water partition coefficient (Wildman–Crippen LogP) is 7.34. The predicted molar refractivity (Wildman–Crippen MR) is 105 cm³/mol. The van der Waals surface area contributed by atoms with E-state index in [4.69, 9.17) is 0 Å². The van der Waals surface area contributed by atoms with E-state index in [9.17, 15) is 18.3 Å². The monoisotopic (exact) mass is 447 g/mol. The number of halogens is 4. The van der Waals surface area contributed by atoms with Crippen molar-refractivity contribution in [1.82, 2.24) is 0 Å². The first-order valence-corrected chi connectivity index (χ1v) is 8.82. The quantitative estimate of drug-likeness (QED) is 0.330. The minimum Gasteiger partial charge on any atom is -0.507 e. The van der Waals surface area contributed by atoms with Crippen molar-refractivity contribution >= 4 is 39.2 Å². The van der Waals surface area contributed by atoms with Gasteiger partial charge in [0, 0.05) is 16.3 Å².